The predicted molar refractivity (Wildman–Crippen MR) is 48.8 cm³/mol. The summed E-state index contributed by atoms with van der Waals surface area (Å²) < 4.78 is 0. The van der Waals surface area contributed by atoms with E-state index in [0.717, 1.165) is 18.6 Å². The Labute approximate surface area is 72.1 Å². The van der Waals surface area contributed by atoms with Gasteiger partial charge < -0.3 is 5.32 Å². The third-order valence-corrected chi connectivity index (χ3v) is 2.93. The molecule has 0 spiro atoms. The van der Waals surface area contributed by atoms with Crippen molar-refractivity contribution in [1.82, 2.24) is 5.32 Å². The number of nitrogens with one attached hydrogen (secondary N) is 1. The molecule has 0 aromatic heterocycles. The molecule has 1 amide bonds. The predicted octanol–water partition coefficient (Wildman–Crippen LogP) is 1.41. The van der Waals surface area contributed by atoms with Crippen LogP contribution < -0.4 is 5.32 Å². The average molecular weight is 173 g/mol. The Hall–Kier alpha value is -0.180. The minimum atomic E-state index is 0.222. The second-order valence-electron chi connectivity index (χ2n) is 2.88. The molecule has 1 aliphatic heterocycles. The molecule has 1 N–H and O–H groups in total. The first-order valence-corrected chi connectivity index (χ1v) is 5.35. The van der Waals surface area contributed by atoms with Crippen LogP contribution in [0.25, 0.3) is 0 Å². The fourth-order valence-electron chi connectivity index (χ4n) is 1.18. The summed E-state index contributed by atoms with van der Waals surface area (Å²) in [6, 6.07) is 0.457. The van der Waals surface area contributed by atoms with Crippen LogP contribution in [0.15, 0.2) is 0 Å². The van der Waals surface area contributed by atoms with Crippen molar-refractivity contribution in [3.63, 3.8) is 0 Å². The Balaban J connectivity index is 2.13. The maximum atomic E-state index is 11.1. The van der Waals surface area contributed by atoms with Crippen molar-refractivity contribution in [2.75, 3.05) is 11.5 Å². The summed E-state index contributed by atoms with van der Waals surface area (Å²) in [5, 5.41) is 3.02. The van der Waals surface area contributed by atoms with Gasteiger partial charge >= 0.3 is 0 Å². The summed E-state index contributed by atoms with van der Waals surface area (Å²) in [6.45, 7) is 2.03. The van der Waals surface area contributed by atoms with E-state index in [0.29, 0.717) is 12.5 Å². The standard InChI is InChI=1S/C8H15NOS/c1-2-3-8(10)9-7-4-5-11-6-7/h7H,2-6H2,1H3,(H,9,10). The summed E-state index contributed by atoms with van der Waals surface area (Å²) in [6.07, 6.45) is 2.78. The highest BCUT2D eigenvalue weighted by Crippen LogP contribution is 2.16. The van der Waals surface area contributed by atoms with Crippen LogP contribution in [0.3, 0.4) is 0 Å². The van der Waals surface area contributed by atoms with Crippen LogP contribution >= 0.6 is 11.8 Å². The number of thioether (sulfide) groups is 1. The molecule has 0 radical (unpaired) electrons. The highest BCUT2D eigenvalue weighted by atomic mass is 32.2. The summed E-state index contributed by atoms with van der Waals surface area (Å²) in [5.74, 6) is 2.53. The lowest BCUT2D eigenvalue weighted by atomic mass is 10.2. The highest BCUT2D eigenvalue weighted by molar-refractivity contribution is 7.99. The Kier molecular flexibility index (Phi) is 3.77. The number of hydrogen-bond donors (Lipinski definition) is 1. The molecule has 64 valence electrons. The SMILES string of the molecule is CCCC(=O)NC1CCSC1. The zero-order valence-corrected chi connectivity index (χ0v) is 7.75. The smallest absolute Gasteiger partial charge is 0.220 e. The molecule has 0 aromatic carbocycles. The van der Waals surface area contributed by atoms with Gasteiger partial charge in [0.05, 0.1) is 0 Å². The minimum absolute atomic E-state index is 0.222. The molecule has 0 saturated carbocycles. The van der Waals surface area contributed by atoms with E-state index in [1.165, 1.54) is 5.75 Å². The number of carbonyl (C=O) groups excluding carboxylic acids is 1. The van der Waals surface area contributed by atoms with Gasteiger partial charge in [0.25, 0.3) is 0 Å². The molecular weight excluding hydrogens is 158 g/mol. The molecule has 11 heavy (non-hydrogen) atoms. The molecule has 1 rings (SSSR count). The van der Waals surface area contributed by atoms with E-state index < -0.39 is 0 Å². The molecule has 0 bridgehead atoms. The summed E-state index contributed by atoms with van der Waals surface area (Å²) in [4.78, 5) is 11.1. The normalized spacial score (nSPS) is 23.5. The summed E-state index contributed by atoms with van der Waals surface area (Å²) in [5.41, 5.74) is 0. The first-order chi connectivity index (χ1) is 5.33. The third kappa shape index (κ3) is 3.14. The van der Waals surface area contributed by atoms with E-state index in [-0.39, 0.29) is 5.91 Å². The van der Waals surface area contributed by atoms with Crippen LogP contribution in [0, 0.1) is 0 Å². The number of amides is 1. The first-order valence-electron chi connectivity index (χ1n) is 4.20. The maximum absolute atomic E-state index is 11.1. The highest BCUT2D eigenvalue weighted by Gasteiger charge is 2.16. The minimum Gasteiger partial charge on any atom is -0.353 e. The number of hydrogen-bond acceptors (Lipinski definition) is 2. The van der Waals surface area contributed by atoms with Gasteiger partial charge in [0, 0.05) is 18.2 Å². The van der Waals surface area contributed by atoms with Gasteiger partial charge in [-0.1, -0.05) is 6.92 Å². The molecule has 1 saturated heterocycles. The van der Waals surface area contributed by atoms with E-state index in [4.69, 9.17) is 0 Å². The second kappa shape index (κ2) is 4.65. The average Bonchev–Trinajstić information content (AvgIpc) is 2.40. The summed E-state index contributed by atoms with van der Waals surface area (Å²) >= 11 is 1.93. The third-order valence-electron chi connectivity index (χ3n) is 1.77. The van der Waals surface area contributed by atoms with Crippen LogP contribution in [-0.2, 0) is 4.79 Å². The Morgan fingerprint density at radius 1 is 1.73 bits per heavy atom. The van der Waals surface area contributed by atoms with Gasteiger partial charge in [0.15, 0.2) is 0 Å². The Bertz CT molecular complexity index is 132. The largest absolute Gasteiger partial charge is 0.353 e. The molecule has 1 fully saturated rings. The Morgan fingerprint density at radius 3 is 3.09 bits per heavy atom. The Morgan fingerprint density at radius 2 is 2.55 bits per heavy atom. The van der Waals surface area contributed by atoms with Crippen LogP contribution in [0.4, 0.5) is 0 Å². The van der Waals surface area contributed by atoms with Crippen LogP contribution in [0.2, 0.25) is 0 Å². The molecule has 1 atom stereocenters. The van der Waals surface area contributed by atoms with Gasteiger partial charge in [0.1, 0.15) is 0 Å². The van der Waals surface area contributed by atoms with Gasteiger partial charge in [-0.2, -0.15) is 11.8 Å². The van der Waals surface area contributed by atoms with Gasteiger partial charge in [-0.15, -0.1) is 0 Å². The lowest BCUT2D eigenvalue weighted by Crippen LogP contribution is -2.34. The van der Waals surface area contributed by atoms with Crippen molar-refractivity contribution in [3.05, 3.63) is 0 Å². The van der Waals surface area contributed by atoms with E-state index >= 15 is 0 Å². The zero-order chi connectivity index (χ0) is 8.10. The van der Waals surface area contributed by atoms with E-state index in [1.54, 1.807) is 0 Å². The van der Waals surface area contributed by atoms with Crippen molar-refractivity contribution in [1.29, 1.82) is 0 Å². The molecule has 1 heterocycles. The fraction of sp³-hybridized carbons (Fsp3) is 0.875. The van der Waals surface area contributed by atoms with Gasteiger partial charge in [-0.3, -0.25) is 4.79 Å². The molecule has 3 heteroatoms. The van der Waals surface area contributed by atoms with Crippen molar-refractivity contribution in [2.24, 2.45) is 0 Å². The molecule has 0 aliphatic carbocycles. The molecule has 1 aliphatic rings. The molecule has 0 aromatic rings. The number of rotatable bonds is 3. The van der Waals surface area contributed by atoms with Crippen molar-refractivity contribution in [3.8, 4) is 0 Å². The van der Waals surface area contributed by atoms with Crippen molar-refractivity contribution in [2.45, 2.75) is 32.2 Å². The second-order valence-corrected chi connectivity index (χ2v) is 4.03. The van der Waals surface area contributed by atoms with Crippen LogP contribution in [-0.4, -0.2) is 23.5 Å². The summed E-state index contributed by atoms with van der Waals surface area (Å²) in [7, 11) is 0. The quantitative estimate of drug-likeness (QED) is 0.699. The van der Waals surface area contributed by atoms with Gasteiger partial charge in [-0.25, -0.2) is 0 Å². The maximum Gasteiger partial charge on any atom is 0.220 e. The van der Waals surface area contributed by atoms with Crippen LogP contribution in [0.5, 0.6) is 0 Å². The zero-order valence-electron chi connectivity index (χ0n) is 6.93. The van der Waals surface area contributed by atoms with Crippen molar-refractivity contribution < 1.29 is 4.79 Å². The molecular formula is C8H15NOS. The van der Waals surface area contributed by atoms with E-state index in [1.807, 2.05) is 18.7 Å². The number of carbonyl (C=O) groups is 1. The van der Waals surface area contributed by atoms with Crippen LogP contribution in [0.1, 0.15) is 26.2 Å². The lowest BCUT2D eigenvalue weighted by molar-refractivity contribution is -0.121. The van der Waals surface area contributed by atoms with Crippen molar-refractivity contribution >= 4 is 17.7 Å². The molecule has 1 unspecified atom stereocenters. The molecule has 2 nitrogen and oxygen atoms in total. The lowest BCUT2D eigenvalue weighted by Gasteiger charge is -2.09. The van der Waals surface area contributed by atoms with E-state index in [9.17, 15) is 4.79 Å². The van der Waals surface area contributed by atoms with Gasteiger partial charge in [-0.05, 0) is 18.6 Å². The first kappa shape index (κ1) is 8.91. The van der Waals surface area contributed by atoms with E-state index in [2.05, 4.69) is 5.32 Å². The fourth-order valence-corrected chi connectivity index (χ4v) is 2.33. The van der Waals surface area contributed by atoms with Gasteiger partial charge in [0.2, 0.25) is 5.91 Å². The monoisotopic (exact) mass is 173 g/mol. The topological polar surface area (TPSA) is 29.1 Å².